The second-order valence-electron chi connectivity index (χ2n) is 6.68. The van der Waals surface area contributed by atoms with Crippen LogP contribution in [0.15, 0.2) is 60.7 Å². The number of halogens is 1. The fraction of sp³-hybridized carbons (Fsp3) is 0.238. The maximum atomic E-state index is 13.1. The molecule has 0 aliphatic carbocycles. The minimum absolute atomic E-state index is 0.00304. The molecule has 0 saturated carbocycles. The number of hydrogen-bond donors (Lipinski definition) is 0. The number of aryl methyl sites for hydroxylation is 1. The molecule has 5 nitrogen and oxygen atoms in total. The van der Waals surface area contributed by atoms with Crippen LogP contribution in [0.3, 0.4) is 0 Å². The van der Waals surface area contributed by atoms with E-state index in [9.17, 15) is 4.79 Å². The van der Waals surface area contributed by atoms with Crippen LogP contribution in [0.4, 0.5) is 5.69 Å². The SMILES string of the molecule is Cc1cc(C(=O)N2CCN(c3ccccc3)CC2)n(-c2cccc(Cl)c2)n1. The molecular formula is C21H21ClN4O. The van der Waals surface area contributed by atoms with Gasteiger partial charge < -0.3 is 9.80 Å². The lowest BCUT2D eigenvalue weighted by Gasteiger charge is -2.36. The van der Waals surface area contributed by atoms with Gasteiger partial charge in [-0.15, -0.1) is 0 Å². The molecule has 1 aliphatic rings. The van der Waals surface area contributed by atoms with Crippen molar-refractivity contribution in [3.8, 4) is 5.69 Å². The molecule has 2 aromatic carbocycles. The van der Waals surface area contributed by atoms with Crippen molar-refractivity contribution < 1.29 is 4.79 Å². The average Bonchev–Trinajstić information content (AvgIpc) is 3.10. The number of anilines is 1. The second kappa shape index (κ2) is 7.45. The summed E-state index contributed by atoms with van der Waals surface area (Å²) < 4.78 is 1.69. The summed E-state index contributed by atoms with van der Waals surface area (Å²) in [5, 5.41) is 5.12. The number of nitrogens with zero attached hydrogens (tertiary/aromatic N) is 4. The van der Waals surface area contributed by atoms with Crippen LogP contribution in [0.25, 0.3) is 5.69 Å². The summed E-state index contributed by atoms with van der Waals surface area (Å²) in [6.07, 6.45) is 0. The summed E-state index contributed by atoms with van der Waals surface area (Å²) in [4.78, 5) is 17.4. The van der Waals surface area contributed by atoms with E-state index in [0.29, 0.717) is 23.8 Å². The van der Waals surface area contributed by atoms with Crippen molar-refractivity contribution in [3.05, 3.63) is 77.1 Å². The van der Waals surface area contributed by atoms with E-state index in [4.69, 9.17) is 11.6 Å². The molecule has 1 saturated heterocycles. The number of amides is 1. The summed E-state index contributed by atoms with van der Waals surface area (Å²) in [5.41, 5.74) is 3.37. The Labute approximate surface area is 163 Å². The van der Waals surface area contributed by atoms with E-state index in [2.05, 4.69) is 22.1 Å². The molecule has 27 heavy (non-hydrogen) atoms. The van der Waals surface area contributed by atoms with Crippen molar-refractivity contribution in [1.29, 1.82) is 0 Å². The van der Waals surface area contributed by atoms with Crippen LogP contribution >= 0.6 is 11.6 Å². The maximum Gasteiger partial charge on any atom is 0.272 e. The summed E-state index contributed by atoms with van der Waals surface area (Å²) in [6.45, 7) is 4.91. The monoisotopic (exact) mass is 380 g/mol. The van der Waals surface area contributed by atoms with E-state index >= 15 is 0 Å². The van der Waals surface area contributed by atoms with Crippen LogP contribution in [0.2, 0.25) is 5.02 Å². The molecular weight excluding hydrogens is 360 g/mol. The zero-order chi connectivity index (χ0) is 18.8. The van der Waals surface area contributed by atoms with E-state index in [-0.39, 0.29) is 5.91 Å². The molecule has 2 heterocycles. The Morgan fingerprint density at radius 1 is 0.926 bits per heavy atom. The molecule has 3 aromatic rings. The van der Waals surface area contributed by atoms with Crippen molar-refractivity contribution >= 4 is 23.2 Å². The molecule has 1 fully saturated rings. The first-order valence-corrected chi connectivity index (χ1v) is 9.41. The fourth-order valence-corrected chi connectivity index (χ4v) is 3.61. The van der Waals surface area contributed by atoms with Gasteiger partial charge >= 0.3 is 0 Å². The van der Waals surface area contributed by atoms with Gasteiger partial charge in [0.2, 0.25) is 0 Å². The largest absolute Gasteiger partial charge is 0.368 e. The van der Waals surface area contributed by atoms with Crippen LogP contribution in [0.5, 0.6) is 0 Å². The third-order valence-electron chi connectivity index (χ3n) is 4.79. The van der Waals surface area contributed by atoms with Crippen molar-refractivity contribution in [2.45, 2.75) is 6.92 Å². The van der Waals surface area contributed by atoms with E-state index in [1.807, 2.05) is 60.4 Å². The van der Waals surface area contributed by atoms with Crippen molar-refractivity contribution in [1.82, 2.24) is 14.7 Å². The zero-order valence-electron chi connectivity index (χ0n) is 15.2. The summed E-state index contributed by atoms with van der Waals surface area (Å²) >= 11 is 6.11. The molecule has 1 aliphatic heterocycles. The third kappa shape index (κ3) is 3.69. The average molecular weight is 381 g/mol. The zero-order valence-corrected chi connectivity index (χ0v) is 15.9. The van der Waals surface area contributed by atoms with E-state index in [0.717, 1.165) is 24.5 Å². The first-order chi connectivity index (χ1) is 13.1. The minimum Gasteiger partial charge on any atom is -0.368 e. The summed E-state index contributed by atoms with van der Waals surface area (Å²) in [6, 6.07) is 19.5. The minimum atomic E-state index is 0.00304. The van der Waals surface area contributed by atoms with E-state index in [1.165, 1.54) is 5.69 Å². The normalized spacial score (nSPS) is 14.4. The number of benzene rings is 2. The number of carbonyl (C=O) groups is 1. The predicted octanol–water partition coefficient (Wildman–Crippen LogP) is 3.80. The van der Waals surface area contributed by atoms with Gasteiger partial charge in [-0.3, -0.25) is 4.79 Å². The first kappa shape index (κ1) is 17.6. The smallest absolute Gasteiger partial charge is 0.272 e. The number of carbonyl (C=O) groups excluding carboxylic acids is 1. The lowest BCUT2D eigenvalue weighted by atomic mass is 10.2. The highest BCUT2D eigenvalue weighted by atomic mass is 35.5. The molecule has 1 amide bonds. The molecule has 1 aromatic heterocycles. The number of para-hydroxylation sites is 1. The molecule has 0 radical (unpaired) electrons. The van der Waals surface area contributed by atoms with E-state index < -0.39 is 0 Å². The Morgan fingerprint density at radius 3 is 2.33 bits per heavy atom. The molecule has 4 rings (SSSR count). The Balaban J connectivity index is 1.53. The van der Waals surface area contributed by atoms with Crippen LogP contribution in [0.1, 0.15) is 16.2 Å². The molecule has 0 atom stereocenters. The molecule has 0 unspecified atom stereocenters. The Morgan fingerprint density at radius 2 is 1.63 bits per heavy atom. The number of piperazine rings is 1. The second-order valence-corrected chi connectivity index (χ2v) is 7.11. The lowest BCUT2D eigenvalue weighted by molar-refractivity contribution is 0.0737. The van der Waals surface area contributed by atoms with Crippen molar-refractivity contribution in [3.63, 3.8) is 0 Å². The highest BCUT2D eigenvalue weighted by Gasteiger charge is 2.25. The van der Waals surface area contributed by atoms with Gasteiger partial charge in [0.1, 0.15) is 5.69 Å². The lowest BCUT2D eigenvalue weighted by Crippen LogP contribution is -2.49. The van der Waals surface area contributed by atoms with Gasteiger partial charge in [0, 0.05) is 36.9 Å². The molecule has 0 spiro atoms. The van der Waals surface area contributed by atoms with Gasteiger partial charge in [-0.1, -0.05) is 35.9 Å². The fourth-order valence-electron chi connectivity index (χ4n) is 3.43. The topological polar surface area (TPSA) is 41.4 Å². The van der Waals surface area contributed by atoms with E-state index in [1.54, 1.807) is 4.68 Å². The summed E-state index contributed by atoms with van der Waals surface area (Å²) in [7, 11) is 0. The van der Waals surface area contributed by atoms with Crippen molar-refractivity contribution in [2.24, 2.45) is 0 Å². The molecule has 0 N–H and O–H groups in total. The van der Waals surface area contributed by atoms with Gasteiger partial charge in [-0.25, -0.2) is 4.68 Å². The van der Waals surface area contributed by atoms with Gasteiger partial charge in [0.15, 0.2) is 0 Å². The van der Waals surface area contributed by atoms with Crippen LogP contribution < -0.4 is 4.90 Å². The third-order valence-corrected chi connectivity index (χ3v) is 5.03. The molecule has 6 heteroatoms. The van der Waals surface area contributed by atoms with Gasteiger partial charge in [0.25, 0.3) is 5.91 Å². The quantitative estimate of drug-likeness (QED) is 0.694. The van der Waals surface area contributed by atoms with Crippen molar-refractivity contribution in [2.75, 3.05) is 31.1 Å². The predicted molar refractivity (Wildman–Crippen MR) is 108 cm³/mol. The van der Waals surface area contributed by atoms with Crippen LogP contribution in [-0.4, -0.2) is 46.8 Å². The van der Waals surface area contributed by atoms with Gasteiger partial charge in [0.05, 0.1) is 11.4 Å². The summed E-state index contributed by atoms with van der Waals surface area (Å²) in [5.74, 6) is 0.00304. The standard InChI is InChI=1S/C21H21ClN4O/c1-16-14-20(26(23-16)19-9-5-6-17(22)15-19)21(27)25-12-10-24(11-13-25)18-7-3-2-4-8-18/h2-9,14-15H,10-13H2,1H3. The van der Waals surface area contributed by atoms with Crippen LogP contribution in [0, 0.1) is 6.92 Å². The van der Waals surface area contributed by atoms with Gasteiger partial charge in [-0.2, -0.15) is 5.10 Å². The highest BCUT2D eigenvalue weighted by Crippen LogP contribution is 2.20. The number of rotatable bonds is 3. The number of aromatic nitrogens is 2. The molecule has 138 valence electrons. The van der Waals surface area contributed by atoms with Crippen LogP contribution in [-0.2, 0) is 0 Å². The maximum absolute atomic E-state index is 13.1. The highest BCUT2D eigenvalue weighted by molar-refractivity contribution is 6.30. The molecule has 0 bridgehead atoms. The Bertz CT molecular complexity index is 946. The Hall–Kier alpha value is -2.79. The first-order valence-electron chi connectivity index (χ1n) is 9.04. The number of hydrogen-bond acceptors (Lipinski definition) is 3. The Kier molecular flexibility index (Phi) is 4.86. The van der Waals surface area contributed by atoms with Gasteiger partial charge in [-0.05, 0) is 43.3 Å².